The van der Waals surface area contributed by atoms with Crippen LogP contribution < -0.4 is 10.6 Å². The summed E-state index contributed by atoms with van der Waals surface area (Å²) in [5, 5.41) is 12.0. The Hall–Kier alpha value is -2.04. The van der Waals surface area contributed by atoms with Gasteiger partial charge in [-0.15, -0.1) is 0 Å². The third-order valence-corrected chi connectivity index (χ3v) is 1.76. The normalized spacial score (nSPS) is 12.6. The third kappa shape index (κ3) is 3.30. The van der Waals surface area contributed by atoms with Crippen molar-refractivity contribution < 1.29 is 14.6 Å². The zero-order chi connectivity index (χ0) is 11.3. The predicted molar refractivity (Wildman–Crippen MR) is 55.9 cm³/mol. The molecule has 1 rings (SSSR count). The molecule has 0 spiro atoms. The van der Waals surface area contributed by atoms with Crippen molar-refractivity contribution >= 4 is 12.2 Å². The molecule has 0 saturated carbocycles. The molecule has 0 aromatic heterocycles. The first-order chi connectivity index (χ1) is 7.13. The number of hydrazone groups is 1. The van der Waals surface area contributed by atoms with Gasteiger partial charge in [0.2, 0.25) is 0 Å². The fourth-order valence-corrected chi connectivity index (χ4v) is 0.973. The van der Waals surface area contributed by atoms with Crippen molar-refractivity contribution in [3.8, 4) is 5.75 Å². The van der Waals surface area contributed by atoms with E-state index in [4.69, 9.17) is 15.7 Å². The van der Waals surface area contributed by atoms with E-state index in [1.165, 1.54) is 13.1 Å². The Morgan fingerprint density at radius 2 is 2.13 bits per heavy atom. The molecule has 0 aliphatic heterocycles. The molecule has 80 valence electrons. The van der Waals surface area contributed by atoms with E-state index in [-0.39, 0.29) is 0 Å². The highest BCUT2D eigenvalue weighted by atomic mass is 16.5. The van der Waals surface area contributed by atoms with E-state index >= 15 is 0 Å². The van der Waals surface area contributed by atoms with Gasteiger partial charge in [0.05, 0.1) is 6.21 Å². The molecular formula is C10H12N2O3. The second kappa shape index (κ2) is 4.99. The lowest BCUT2D eigenvalue weighted by Crippen LogP contribution is -2.22. The first-order valence-electron chi connectivity index (χ1n) is 4.36. The number of carboxylic acids is 1. The maximum Gasteiger partial charge on any atom is 0.344 e. The minimum absolute atomic E-state index is 0.499. The number of carbonyl (C=O) groups is 1. The summed E-state index contributed by atoms with van der Waals surface area (Å²) in [4.78, 5) is 10.5. The molecule has 0 aliphatic carbocycles. The van der Waals surface area contributed by atoms with Crippen LogP contribution in [0.25, 0.3) is 0 Å². The molecule has 0 fully saturated rings. The molecule has 0 saturated heterocycles. The fraction of sp³-hybridized carbons (Fsp3) is 0.200. The molecule has 1 atom stereocenters. The summed E-state index contributed by atoms with van der Waals surface area (Å²) >= 11 is 0. The quantitative estimate of drug-likeness (QED) is 0.436. The number of hydrogen-bond donors (Lipinski definition) is 2. The number of carboxylic acid groups (broad SMARTS) is 1. The first kappa shape index (κ1) is 11.0. The highest BCUT2D eigenvalue weighted by molar-refractivity contribution is 5.79. The van der Waals surface area contributed by atoms with Crippen LogP contribution >= 0.6 is 0 Å². The molecule has 0 aliphatic rings. The monoisotopic (exact) mass is 208 g/mol. The lowest BCUT2D eigenvalue weighted by molar-refractivity contribution is -0.144. The van der Waals surface area contributed by atoms with E-state index in [2.05, 4.69) is 5.10 Å². The summed E-state index contributed by atoms with van der Waals surface area (Å²) in [5.41, 5.74) is 0.827. The highest BCUT2D eigenvalue weighted by Gasteiger charge is 2.11. The Morgan fingerprint density at radius 1 is 1.53 bits per heavy atom. The van der Waals surface area contributed by atoms with Gasteiger partial charge in [0.25, 0.3) is 0 Å². The van der Waals surface area contributed by atoms with Crippen LogP contribution in [0, 0.1) is 0 Å². The maximum absolute atomic E-state index is 10.5. The molecule has 5 heteroatoms. The summed E-state index contributed by atoms with van der Waals surface area (Å²) in [6.07, 6.45) is 0.628. The minimum atomic E-state index is -0.998. The van der Waals surface area contributed by atoms with Gasteiger partial charge in [0.1, 0.15) is 5.75 Å². The molecule has 0 bridgehead atoms. The lowest BCUT2D eigenvalue weighted by Gasteiger charge is -2.09. The molecule has 15 heavy (non-hydrogen) atoms. The van der Waals surface area contributed by atoms with Crippen molar-refractivity contribution in [2.75, 3.05) is 0 Å². The molecule has 0 radical (unpaired) electrons. The number of nitrogens with two attached hydrogens (primary N) is 1. The van der Waals surface area contributed by atoms with E-state index in [9.17, 15) is 4.79 Å². The molecule has 1 aromatic rings. The molecule has 1 aromatic carbocycles. The smallest absolute Gasteiger partial charge is 0.344 e. The van der Waals surface area contributed by atoms with E-state index in [1.54, 1.807) is 24.3 Å². The van der Waals surface area contributed by atoms with E-state index in [0.29, 0.717) is 5.75 Å². The molecule has 0 amide bonds. The van der Waals surface area contributed by atoms with Gasteiger partial charge >= 0.3 is 5.97 Å². The van der Waals surface area contributed by atoms with Gasteiger partial charge in [-0.25, -0.2) is 4.79 Å². The average molecular weight is 208 g/mol. The van der Waals surface area contributed by atoms with Gasteiger partial charge in [0.15, 0.2) is 6.10 Å². The summed E-state index contributed by atoms with van der Waals surface area (Å²) in [6.45, 7) is 1.47. The third-order valence-electron chi connectivity index (χ3n) is 1.76. The van der Waals surface area contributed by atoms with Crippen LogP contribution in [0.15, 0.2) is 29.4 Å². The maximum atomic E-state index is 10.5. The van der Waals surface area contributed by atoms with Crippen LogP contribution in [0.3, 0.4) is 0 Å². The number of rotatable bonds is 4. The molecule has 5 nitrogen and oxygen atoms in total. The van der Waals surface area contributed by atoms with Crippen molar-refractivity contribution in [3.05, 3.63) is 29.8 Å². The predicted octanol–water partition coefficient (Wildman–Crippen LogP) is 0.831. The summed E-state index contributed by atoms with van der Waals surface area (Å²) in [7, 11) is 0. The number of nitrogens with zero attached hydrogens (tertiary/aromatic N) is 1. The zero-order valence-electron chi connectivity index (χ0n) is 8.25. The van der Waals surface area contributed by atoms with Gasteiger partial charge in [-0.05, 0) is 36.8 Å². The zero-order valence-corrected chi connectivity index (χ0v) is 8.25. The van der Waals surface area contributed by atoms with E-state index in [0.717, 1.165) is 5.56 Å². The summed E-state index contributed by atoms with van der Waals surface area (Å²) in [6, 6.07) is 6.80. The Morgan fingerprint density at radius 3 is 2.60 bits per heavy atom. The fourth-order valence-electron chi connectivity index (χ4n) is 0.973. The summed E-state index contributed by atoms with van der Waals surface area (Å²) < 4.78 is 5.13. The van der Waals surface area contributed by atoms with Crippen LogP contribution in [-0.2, 0) is 4.79 Å². The van der Waals surface area contributed by atoms with Gasteiger partial charge < -0.3 is 15.7 Å². The topological polar surface area (TPSA) is 84.9 Å². The summed E-state index contributed by atoms with van der Waals surface area (Å²) in [5.74, 6) is 4.48. The largest absolute Gasteiger partial charge is 0.479 e. The van der Waals surface area contributed by atoms with Crippen molar-refractivity contribution in [2.45, 2.75) is 13.0 Å². The standard InChI is InChI=1S/C10H12N2O3/c1-7(10(13)14)15-9-4-2-8(3-5-9)6-12-11/h2-7H,11H2,1H3,(H,13,14). The molecule has 0 heterocycles. The van der Waals surface area contributed by atoms with Crippen molar-refractivity contribution in [2.24, 2.45) is 10.9 Å². The van der Waals surface area contributed by atoms with Crippen LogP contribution in [0.5, 0.6) is 5.75 Å². The second-order valence-electron chi connectivity index (χ2n) is 2.95. The number of benzene rings is 1. The van der Waals surface area contributed by atoms with Crippen LogP contribution in [0.1, 0.15) is 12.5 Å². The Kier molecular flexibility index (Phi) is 3.68. The number of aliphatic carboxylic acids is 1. The SMILES string of the molecule is CC(Oc1ccc(C=NN)cc1)C(=O)O. The Labute approximate surface area is 87.2 Å². The van der Waals surface area contributed by atoms with E-state index < -0.39 is 12.1 Å². The van der Waals surface area contributed by atoms with Crippen molar-refractivity contribution in [1.82, 2.24) is 0 Å². The Bertz CT molecular complexity index is 359. The van der Waals surface area contributed by atoms with Gasteiger partial charge in [-0.3, -0.25) is 0 Å². The molecular weight excluding hydrogens is 196 g/mol. The lowest BCUT2D eigenvalue weighted by atomic mass is 10.2. The number of ether oxygens (including phenoxy) is 1. The van der Waals surface area contributed by atoms with Crippen molar-refractivity contribution in [3.63, 3.8) is 0 Å². The van der Waals surface area contributed by atoms with Crippen LogP contribution in [0.4, 0.5) is 0 Å². The van der Waals surface area contributed by atoms with Gasteiger partial charge in [-0.1, -0.05) is 0 Å². The average Bonchev–Trinajstić information content (AvgIpc) is 2.21. The second-order valence-corrected chi connectivity index (χ2v) is 2.95. The first-order valence-corrected chi connectivity index (χ1v) is 4.36. The Balaban J connectivity index is 2.68. The van der Waals surface area contributed by atoms with E-state index in [1.807, 2.05) is 0 Å². The molecule has 1 unspecified atom stereocenters. The van der Waals surface area contributed by atoms with Crippen molar-refractivity contribution in [1.29, 1.82) is 0 Å². The van der Waals surface area contributed by atoms with Crippen LogP contribution in [-0.4, -0.2) is 23.4 Å². The van der Waals surface area contributed by atoms with Gasteiger partial charge in [0, 0.05) is 0 Å². The number of hydrogen-bond acceptors (Lipinski definition) is 4. The van der Waals surface area contributed by atoms with Gasteiger partial charge in [-0.2, -0.15) is 5.10 Å². The highest BCUT2D eigenvalue weighted by Crippen LogP contribution is 2.12. The minimum Gasteiger partial charge on any atom is -0.479 e. The van der Waals surface area contributed by atoms with Crippen LogP contribution in [0.2, 0.25) is 0 Å². The molecule has 3 N–H and O–H groups in total.